The molecule has 0 radical (unpaired) electrons. The van der Waals surface area contributed by atoms with Crippen molar-refractivity contribution in [3.8, 4) is 5.75 Å². The number of hydrogen-bond acceptors (Lipinski definition) is 3. The number of ether oxygens (including phenoxy) is 1. The predicted molar refractivity (Wildman–Crippen MR) is 70.5 cm³/mol. The van der Waals surface area contributed by atoms with Crippen molar-refractivity contribution >= 4 is 0 Å². The lowest BCUT2D eigenvalue weighted by Gasteiger charge is -2.43. The van der Waals surface area contributed by atoms with Crippen LogP contribution < -0.4 is 0 Å². The van der Waals surface area contributed by atoms with Gasteiger partial charge in [0, 0.05) is 24.7 Å². The number of phenolic OH excluding ortho intramolecular Hbond substituents is 1. The van der Waals surface area contributed by atoms with Gasteiger partial charge in [-0.3, -0.25) is 4.90 Å². The standard InChI is InChI=1S/C15H21NO2/c17-14-7-3-1-5-12(14)11-16-9-10-18-15-8-4-2-6-13(15)16/h1,3,5,7,13,15,17H,2,4,6,8-11H2. The fourth-order valence-electron chi connectivity index (χ4n) is 3.24. The average molecular weight is 247 g/mol. The summed E-state index contributed by atoms with van der Waals surface area (Å²) in [5, 5.41) is 9.88. The van der Waals surface area contributed by atoms with Crippen LogP contribution >= 0.6 is 0 Å². The van der Waals surface area contributed by atoms with Crippen molar-refractivity contribution in [2.24, 2.45) is 0 Å². The predicted octanol–water partition coefficient (Wildman–Crippen LogP) is 2.54. The van der Waals surface area contributed by atoms with Crippen LogP contribution in [0.1, 0.15) is 31.2 Å². The maximum absolute atomic E-state index is 9.88. The Kier molecular flexibility index (Phi) is 3.52. The molecule has 0 amide bonds. The highest BCUT2D eigenvalue weighted by Crippen LogP contribution is 2.30. The van der Waals surface area contributed by atoms with E-state index in [-0.39, 0.29) is 0 Å². The number of rotatable bonds is 2. The molecule has 18 heavy (non-hydrogen) atoms. The van der Waals surface area contributed by atoms with E-state index in [4.69, 9.17) is 4.74 Å². The zero-order valence-corrected chi connectivity index (χ0v) is 10.7. The van der Waals surface area contributed by atoms with Gasteiger partial charge in [0.15, 0.2) is 0 Å². The van der Waals surface area contributed by atoms with Crippen LogP contribution in [0.3, 0.4) is 0 Å². The summed E-state index contributed by atoms with van der Waals surface area (Å²) in [4.78, 5) is 2.49. The lowest BCUT2D eigenvalue weighted by molar-refractivity contribution is -0.0912. The fraction of sp³-hybridized carbons (Fsp3) is 0.600. The van der Waals surface area contributed by atoms with Gasteiger partial charge in [0.2, 0.25) is 0 Å². The maximum Gasteiger partial charge on any atom is 0.120 e. The maximum atomic E-state index is 9.88. The van der Waals surface area contributed by atoms with Crippen molar-refractivity contribution in [2.75, 3.05) is 13.2 Å². The summed E-state index contributed by atoms with van der Waals surface area (Å²) in [6.45, 7) is 2.65. The zero-order chi connectivity index (χ0) is 12.4. The number of phenols is 1. The van der Waals surface area contributed by atoms with Crippen LogP contribution in [0, 0.1) is 0 Å². The molecule has 2 unspecified atom stereocenters. The van der Waals surface area contributed by atoms with Crippen LogP contribution in [0.25, 0.3) is 0 Å². The van der Waals surface area contributed by atoms with E-state index in [0.29, 0.717) is 17.9 Å². The van der Waals surface area contributed by atoms with Crippen LogP contribution in [0.15, 0.2) is 24.3 Å². The second kappa shape index (κ2) is 5.29. The first-order chi connectivity index (χ1) is 8.84. The molecule has 3 heteroatoms. The van der Waals surface area contributed by atoms with E-state index < -0.39 is 0 Å². The molecule has 1 saturated heterocycles. The Morgan fingerprint density at radius 2 is 2.06 bits per heavy atom. The quantitative estimate of drug-likeness (QED) is 0.871. The molecule has 1 heterocycles. The first-order valence-electron chi connectivity index (χ1n) is 6.97. The van der Waals surface area contributed by atoms with Gasteiger partial charge in [0.05, 0.1) is 12.7 Å². The van der Waals surface area contributed by atoms with Gasteiger partial charge in [-0.1, -0.05) is 31.0 Å². The van der Waals surface area contributed by atoms with Crippen LogP contribution in [0.2, 0.25) is 0 Å². The molecule has 2 aliphatic rings. The number of hydrogen-bond donors (Lipinski definition) is 1. The Hall–Kier alpha value is -1.06. The molecule has 3 rings (SSSR count). The van der Waals surface area contributed by atoms with Crippen molar-refractivity contribution in [2.45, 2.75) is 44.4 Å². The van der Waals surface area contributed by atoms with Crippen LogP contribution in [0.4, 0.5) is 0 Å². The van der Waals surface area contributed by atoms with Crippen molar-refractivity contribution < 1.29 is 9.84 Å². The minimum atomic E-state index is 0.413. The monoisotopic (exact) mass is 247 g/mol. The van der Waals surface area contributed by atoms with E-state index in [1.807, 2.05) is 18.2 Å². The molecular weight excluding hydrogens is 226 g/mol. The van der Waals surface area contributed by atoms with Crippen LogP contribution in [-0.2, 0) is 11.3 Å². The van der Waals surface area contributed by atoms with Crippen molar-refractivity contribution in [1.29, 1.82) is 0 Å². The van der Waals surface area contributed by atoms with Gasteiger partial charge < -0.3 is 9.84 Å². The topological polar surface area (TPSA) is 32.7 Å². The first-order valence-corrected chi connectivity index (χ1v) is 6.97. The summed E-state index contributed by atoms with van der Waals surface area (Å²) < 4.78 is 5.88. The summed E-state index contributed by atoms with van der Waals surface area (Å²) in [6, 6.07) is 8.21. The van der Waals surface area contributed by atoms with Gasteiger partial charge in [-0.25, -0.2) is 0 Å². The molecule has 0 aromatic heterocycles. The summed E-state index contributed by atoms with van der Waals surface area (Å²) in [6.07, 6.45) is 5.45. The molecule has 2 atom stereocenters. The number of nitrogens with zero attached hydrogens (tertiary/aromatic N) is 1. The third-order valence-corrected chi connectivity index (χ3v) is 4.21. The Morgan fingerprint density at radius 3 is 2.94 bits per heavy atom. The van der Waals surface area contributed by atoms with Gasteiger partial charge in [-0.15, -0.1) is 0 Å². The first kappa shape index (κ1) is 12.0. The summed E-state index contributed by atoms with van der Waals surface area (Å²) in [7, 11) is 0. The minimum Gasteiger partial charge on any atom is -0.508 e. The van der Waals surface area contributed by atoms with Crippen LogP contribution in [0.5, 0.6) is 5.75 Å². The largest absolute Gasteiger partial charge is 0.508 e. The fourth-order valence-corrected chi connectivity index (χ4v) is 3.24. The molecule has 0 bridgehead atoms. The normalized spacial score (nSPS) is 28.9. The summed E-state index contributed by atoms with van der Waals surface area (Å²) in [5.74, 6) is 0.413. The highest BCUT2D eigenvalue weighted by molar-refractivity contribution is 5.31. The van der Waals surface area contributed by atoms with Gasteiger partial charge in [0.1, 0.15) is 5.75 Å². The molecule has 0 spiro atoms. The highest BCUT2D eigenvalue weighted by Gasteiger charge is 2.34. The Bertz CT molecular complexity index is 405. The molecule has 1 N–H and O–H groups in total. The van der Waals surface area contributed by atoms with Crippen molar-refractivity contribution in [3.05, 3.63) is 29.8 Å². The molecule has 1 aromatic carbocycles. The molecule has 1 aliphatic carbocycles. The highest BCUT2D eigenvalue weighted by atomic mass is 16.5. The number of aromatic hydroxyl groups is 1. The molecule has 1 saturated carbocycles. The number of para-hydroxylation sites is 1. The Balaban J connectivity index is 1.73. The molecule has 1 aromatic rings. The van der Waals surface area contributed by atoms with Gasteiger partial charge in [-0.05, 0) is 18.9 Å². The average Bonchev–Trinajstić information content (AvgIpc) is 2.42. The molecule has 1 aliphatic heterocycles. The Morgan fingerprint density at radius 1 is 1.22 bits per heavy atom. The van der Waals surface area contributed by atoms with Crippen molar-refractivity contribution in [3.63, 3.8) is 0 Å². The van der Waals surface area contributed by atoms with Gasteiger partial charge in [-0.2, -0.15) is 0 Å². The number of morpholine rings is 1. The summed E-state index contributed by atoms with van der Waals surface area (Å²) >= 11 is 0. The van der Waals surface area contributed by atoms with Crippen LogP contribution in [-0.4, -0.2) is 35.3 Å². The smallest absolute Gasteiger partial charge is 0.120 e. The van der Waals surface area contributed by atoms with Gasteiger partial charge >= 0.3 is 0 Å². The van der Waals surface area contributed by atoms with E-state index in [1.165, 1.54) is 25.7 Å². The molecular formula is C15H21NO2. The van der Waals surface area contributed by atoms with E-state index >= 15 is 0 Å². The SMILES string of the molecule is Oc1ccccc1CN1CCOC2CCCCC21. The minimum absolute atomic E-state index is 0.413. The van der Waals surface area contributed by atoms with E-state index in [1.54, 1.807) is 6.07 Å². The van der Waals surface area contributed by atoms with E-state index in [9.17, 15) is 5.11 Å². The third kappa shape index (κ3) is 2.38. The lowest BCUT2D eigenvalue weighted by Crippen LogP contribution is -2.52. The third-order valence-electron chi connectivity index (χ3n) is 4.21. The zero-order valence-electron chi connectivity index (χ0n) is 10.7. The van der Waals surface area contributed by atoms with Gasteiger partial charge in [0.25, 0.3) is 0 Å². The Labute approximate surface area is 108 Å². The van der Waals surface area contributed by atoms with E-state index in [2.05, 4.69) is 4.90 Å². The lowest BCUT2D eigenvalue weighted by atomic mass is 9.90. The molecule has 2 fully saturated rings. The van der Waals surface area contributed by atoms with Crippen molar-refractivity contribution in [1.82, 2.24) is 4.90 Å². The molecule has 98 valence electrons. The molecule has 3 nitrogen and oxygen atoms in total. The summed E-state index contributed by atoms with van der Waals surface area (Å²) in [5.41, 5.74) is 1.03. The second-order valence-corrected chi connectivity index (χ2v) is 5.36. The number of fused-ring (bicyclic) bond motifs is 1. The van der Waals surface area contributed by atoms with E-state index in [0.717, 1.165) is 25.3 Å². The number of benzene rings is 1. The second-order valence-electron chi connectivity index (χ2n) is 5.36.